The number of hydrogen-bond donors (Lipinski definition) is 4. The monoisotopic (exact) mass is 706 g/mol. The summed E-state index contributed by atoms with van der Waals surface area (Å²) in [6.45, 7) is 7.52. The van der Waals surface area contributed by atoms with Gasteiger partial charge in [-0.2, -0.15) is 0 Å². The summed E-state index contributed by atoms with van der Waals surface area (Å²) in [5, 5.41) is 16.6. The number of nitrogens with zero attached hydrogens (tertiary/aromatic N) is 1. The number of allylic oxidation sites excluding steroid dienone is 4. The van der Waals surface area contributed by atoms with E-state index in [1.165, 1.54) is 33.3 Å². The number of amides is 3. The molecule has 1 aliphatic heterocycles. The van der Waals surface area contributed by atoms with Gasteiger partial charge in [-0.3, -0.25) is 19.2 Å². The van der Waals surface area contributed by atoms with Crippen LogP contribution in [-0.4, -0.2) is 92.2 Å². The molecule has 0 saturated heterocycles. The number of rotatable bonds is 7. The second-order valence-electron chi connectivity index (χ2n) is 13.3. The lowest BCUT2D eigenvalue weighted by Crippen LogP contribution is -2.38. The number of ether oxygens (including phenoxy) is 3. The predicted molar refractivity (Wildman–Crippen MR) is 191 cm³/mol. The maximum absolute atomic E-state index is 14.0. The van der Waals surface area contributed by atoms with E-state index in [-0.39, 0.29) is 41.3 Å². The van der Waals surface area contributed by atoms with Crippen LogP contribution in [0.1, 0.15) is 56.5 Å². The number of hydrogen-bond acceptors (Lipinski definition) is 10. The first kappa shape index (κ1) is 40.7. The Morgan fingerprint density at radius 1 is 1.06 bits per heavy atom. The van der Waals surface area contributed by atoms with Crippen LogP contribution >= 0.6 is 0 Å². The molecular weight excluding hydrogens is 656 g/mol. The molecule has 1 aliphatic carbocycles. The average molecular weight is 707 g/mol. The molecule has 13 heteroatoms. The Bertz CT molecular complexity index is 1640. The zero-order chi connectivity index (χ0) is 38.0. The summed E-state index contributed by atoms with van der Waals surface area (Å²) >= 11 is 0. The van der Waals surface area contributed by atoms with E-state index < -0.39 is 59.8 Å². The van der Waals surface area contributed by atoms with Gasteiger partial charge in [0.25, 0.3) is 11.8 Å². The summed E-state index contributed by atoms with van der Waals surface area (Å²) in [5.74, 6) is -3.34. The molecule has 0 radical (unpaired) electrons. The Morgan fingerprint density at radius 2 is 1.73 bits per heavy atom. The van der Waals surface area contributed by atoms with Gasteiger partial charge in [-0.1, -0.05) is 50.3 Å². The first-order chi connectivity index (χ1) is 24.1. The molecule has 1 heterocycles. The maximum Gasteiger partial charge on any atom is 0.405 e. The molecule has 0 saturated carbocycles. The molecule has 5 N–H and O–H groups in total. The first-order valence-corrected chi connectivity index (χ1v) is 16.7. The third kappa shape index (κ3) is 11.1. The number of carbonyl (C=O) groups excluding carboxylic acids is 5. The number of methoxy groups -OCH3 is 2. The van der Waals surface area contributed by atoms with E-state index in [0.29, 0.717) is 17.7 Å². The minimum absolute atomic E-state index is 0.0184. The number of nitrogens with two attached hydrogens (primary N) is 1. The van der Waals surface area contributed by atoms with E-state index in [1.54, 1.807) is 38.1 Å². The van der Waals surface area contributed by atoms with Crippen LogP contribution in [0.2, 0.25) is 0 Å². The molecule has 6 atom stereocenters. The van der Waals surface area contributed by atoms with Gasteiger partial charge in [-0.25, -0.2) is 4.79 Å². The van der Waals surface area contributed by atoms with Crippen LogP contribution in [0.4, 0.5) is 4.79 Å². The van der Waals surface area contributed by atoms with Crippen LogP contribution in [0.25, 0.3) is 0 Å². The van der Waals surface area contributed by atoms with Gasteiger partial charge in [0.05, 0.1) is 23.6 Å². The van der Waals surface area contributed by atoms with Crippen LogP contribution in [0.3, 0.4) is 0 Å². The van der Waals surface area contributed by atoms with Crippen molar-refractivity contribution in [2.75, 3.05) is 28.3 Å². The van der Waals surface area contributed by atoms with Gasteiger partial charge < -0.3 is 40.6 Å². The Hall–Kier alpha value is -4.69. The van der Waals surface area contributed by atoms with Gasteiger partial charge in [0.15, 0.2) is 6.10 Å². The van der Waals surface area contributed by atoms with Crippen LogP contribution in [-0.2, 0) is 35.1 Å². The number of Topliss-reactive ketones (excluding diaryl/α,β-unsaturated/α-hetero) is 1. The molecule has 1 aromatic carbocycles. The zero-order valence-corrected chi connectivity index (χ0v) is 30.5. The number of fused-ring (bicyclic) bond motifs is 2. The summed E-state index contributed by atoms with van der Waals surface area (Å²) < 4.78 is 16.7. The smallest absolute Gasteiger partial charge is 0.405 e. The van der Waals surface area contributed by atoms with Gasteiger partial charge in [0.2, 0.25) is 11.6 Å². The quantitative estimate of drug-likeness (QED) is 0.242. The van der Waals surface area contributed by atoms with Crippen molar-refractivity contribution in [1.29, 1.82) is 0 Å². The van der Waals surface area contributed by atoms with E-state index in [0.717, 1.165) is 11.6 Å². The molecular formula is C38H50N4O9. The largest absolute Gasteiger partial charge is 0.439 e. The van der Waals surface area contributed by atoms with Crippen molar-refractivity contribution in [3.63, 3.8) is 0 Å². The van der Waals surface area contributed by atoms with Crippen LogP contribution < -0.4 is 16.4 Å². The highest BCUT2D eigenvalue weighted by Gasteiger charge is 2.34. The third-order valence-corrected chi connectivity index (χ3v) is 8.75. The molecule has 2 bridgehead atoms. The summed E-state index contributed by atoms with van der Waals surface area (Å²) in [7, 11) is 6.74. The third-order valence-electron chi connectivity index (χ3n) is 8.75. The fourth-order valence-corrected chi connectivity index (χ4v) is 6.03. The fraction of sp³-hybridized carbons (Fsp3) is 0.447. The van der Waals surface area contributed by atoms with E-state index in [4.69, 9.17) is 19.9 Å². The van der Waals surface area contributed by atoms with Gasteiger partial charge in [-0.05, 0) is 70.0 Å². The molecule has 2 aliphatic rings. The van der Waals surface area contributed by atoms with E-state index in [9.17, 15) is 29.1 Å². The van der Waals surface area contributed by atoms with Crippen LogP contribution in [0.5, 0.6) is 0 Å². The molecule has 0 spiro atoms. The van der Waals surface area contributed by atoms with Gasteiger partial charge >= 0.3 is 6.09 Å². The molecule has 276 valence electrons. The van der Waals surface area contributed by atoms with E-state index >= 15 is 0 Å². The van der Waals surface area contributed by atoms with Gasteiger partial charge in [0.1, 0.15) is 6.10 Å². The molecule has 3 amide bonds. The highest BCUT2D eigenvalue weighted by Crippen LogP contribution is 2.29. The van der Waals surface area contributed by atoms with Crippen molar-refractivity contribution in [3.8, 4) is 0 Å². The number of primary amides is 1. The van der Waals surface area contributed by atoms with Gasteiger partial charge in [0, 0.05) is 49.5 Å². The second-order valence-corrected chi connectivity index (χ2v) is 13.3. The Balaban J connectivity index is 2.06. The number of nitrogens with one attached hydrogen (secondary N) is 2. The minimum atomic E-state index is -1.03. The lowest BCUT2D eigenvalue weighted by atomic mass is 9.85. The van der Waals surface area contributed by atoms with Crippen LogP contribution in [0.15, 0.2) is 82.8 Å². The van der Waals surface area contributed by atoms with Crippen molar-refractivity contribution in [2.45, 2.75) is 71.5 Å². The van der Waals surface area contributed by atoms with E-state index in [2.05, 4.69) is 10.6 Å². The highest BCUT2D eigenvalue weighted by atomic mass is 16.6. The average Bonchev–Trinajstić information content (AvgIpc) is 3.07. The summed E-state index contributed by atoms with van der Waals surface area (Å²) in [6.07, 6.45) is 3.03. The van der Waals surface area contributed by atoms with Crippen molar-refractivity contribution in [1.82, 2.24) is 15.5 Å². The SMILES string of the molecule is CO[C@@H]1/C=C\C=C(\C)C(=O)NC2=CC(=O)C(NC(=O)c3ccc(CN(C)C)cc3)=C(C[C@@H](C)C[C@@H](OC)[C@@H](O)[C@@H](C)/C=C(/C)[C@H]1OC(N)=O)C2=O. The standard InChI is InChI=1S/C38H50N4O9/c1-21-16-27-32(41-37(47)26-14-12-25(13-15-26)20-42(5)6)29(43)19-28(34(27)45)40-36(46)22(2)10-9-11-30(49-7)35(51-38(39)48)24(4)18-23(3)33(44)31(17-21)50-8/h9-15,18-19,21,23,30-31,33,35,44H,16-17,20H2,1-8H3,(H2,39,48)(H,40,46)(H,41,47)/b11-9-,22-10-,24-18-/t21-,23+,30-,31-,33+,35-/m1/s1. The number of benzene rings is 1. The molecule has 0 unspecified atom stereocenters. The topological polar surface area (TPSA) is 187 Å². The normalized spacial score (nSPS) is 28.2. The number of aliphatic hydroxyl groups is 1. The summed E-state index contributed by atoms with van der Waals surface area (Å²) in [6, 6.07) is 6.92. The second kappa shape index (κ2) is 18.5. The van der Waals surface area contributed by atoms with Gasteiger partial charge in [-0.15, -0.1) is 0 Å². The highest BCUT2D eigenvalue weighted by molar-refractivity contribution is 6.24. The summed E-state index contributed by atoms with van der Waals surface area (Å²) in [4.78, 5) is 67.9. The van der Waals surface area contributed by atoms with Crippen LogP contribution in [0, 0.1) is 11.8 Å². The molecule has 3 rings (SSSR count). The lowest BCUT2D eigenvalue weighted by Gasteiger charge is -2.30. The number of carbonyl (C=O) groups is 5. The minimum Gasteiger partial charge on any atom is -0.439 e. The van der Waals surface area contributed by atoms with Crippen molar-refractivity contribution in [3.05, 3.63) is 93.9 Å². The first-order valence-electron chi connectivity index (χ1n) is 16.7. The molecule has 51 heavy (non-hydrogen) atoms. The Morgan fingerprint density at radius 3 is 2.31 bits per heavy atom. The van der Waals surface area contributed by atoms with E-state index in [1.807, 2.05) is 38.1 Å². The summed E-state index contributed by atoms with van der Waals surface area (Å²) in [5.41, 5.74) is 7.00. The maximum atomic E-state index is 14.0. The molecule has 0 aromatic heterocycles. The Labute approximate surface area is 299 Å². The number of aliphatic hydroxyl groups excluding tert-OH is 1. The molecule has 0 fully saturated rings. The Kier molecular flexibility index (Phi) is 14.8. The van der Waals surface area contributed by atoms with Crippen molar-refractivity contribution < 1.29 is 43.3 Å². The van der Waals surface area contributed by atoms with Crippen molar-refractivity contribution in [2.24, 2.45) is 17.6 Å². The van der Waals surface area contributed by atoms with Crippen molar-refractivity contribution >= 4 is 29.5 Å². The zero-order valence-electron chi connectivity index (χ0n) is 30.5. The molecule has 13 nitrogen and oxygen atoms in total. The lowest BCUT2D eigenvalue weighted by molar-refractivity contribution is -0.120. The molecule has 1 aromatic rings. The predicted octanol–water partition coefficient (Wildman–Crippen LogP) is 3.25. The fourth-order valence-electron chi connectivity index (χ4n) is 6.03. The number of ketones is 2.